The number of fused-ring (bicyclic) bond motifs is 1. The van der Waals surface area contributed by atoms with E-state index in [4.69, 9.17) is 14.7 Å². The maximum atomic E-state index is 12.3. The molecular formula is C24H24N4O2S. The fourth-order valence-electron chi connectivity index (χ4n) is 3.46. The van der Waals surface area contributed by atoms with Crippen molar-refractivity contribution in [1.82, 2.24) is 15.4 Å². The van der Waals surface area contributed by atoms with Crippen molar-refractivity contribution >= 4 is 23.9 Å². The third-order valence-corrected chi connectivity index (χ3v) is 6.03. The molecule has 1 heterocycles. The molecule has 0 aliphatic heterocycles. The van der Waals surface area contributed by atoms with Gasteiger partial charge in [0.1, 0.15) is 10.8 Å². The molecule has 0 unspecified atom stereocenters. The van der Waals surface area contributed by atoms with Crippen LogP contribution in [0.2, 0.25) is 0 Å². The molecule has 1 aromatic heterocycles. The molecule has 158 valence electrons. The maximum Gasteiger partial charge on any atom is 0.250 e. The normalized spacial score (nSPS) is 13.1. The topological polar surface area (TPSA) is 76.5 Å². The Bertz CT molecular complexity index is 1090. The number of hydrogen-bond donors (Lipinski definition) is 1. The summed E-state index contributed by atoms with van der Waals surface area (Å²) in [6.07, 6.45) is 5.79. The second kappa shape index (κ2) is 10.2. The molecule has 1 N–H and O–H groups in total. The smallest absolute Gasteiger partial charge is 0.250 e. The Morgan fingerprint density at radius 1 is 1.13 bits per heavy atom. The second-order valence-corrected chi connectivity index (χ2v) is 8.17. The van der Waals surface area contributed by atoms with Crippen LogP contribution in [0.5, 0.6) is 5.75 Å². The van der Waals surface area contributed by atoms with Crippen molar-refractivity contribution in [3.05, 3.63) is 71.4 Å². The lowest BCUT2D eigenvalue weighted by Gasteiger charge is -2.18. The molecule has 1 aliphatic carbocycles. The molecule has 0 saturated carbocycles. The average molecular weight is 433 g/mol. The van der Waals surface area contributed by atoms with Crippen LogP contribution in [-0.2, 0) is 17.6 Å². The molecule has 7 heteroatoms. The van der Waals surface area contributed by atoms with Crippen LogP contribution in [0.1, 0.15) is 29.7 Å². The number of nitrogens with one attached hydrogen (secondary N) is 1. The highest BCUT2D eigenvalue weighted by molar-refractivity contribution is 7.99. The largest absolute Gasteiger partial charge is 0.497 e. The fourth-order valence-corrected chi connectivity index (χ4v) is 4.34. The second-order valence-electron chi connectivity index (χ2n) is 7.21. The lowest BCUT2D eigenvalue weighted by molar-refractivity contribution is -0.118. The minimum atomic E-state index is -0.173. The van der Waals surface area contributed by atoms with Gasteiger partial charge in [0.25, 0.3) is 0 Å². The van der Waals surface area contributed by atoms with Gasteiger partial charge in [-0.15, -0.1) is 0 Å². The highest BCUT2D eigenvalue weighted by Gasteiger charge is 2.19. The van der Waals surface area contributed by atoms with Crippen LogP contribution in [-0.4, -0.2) is 35.0 Å². The van der Waals surface area contributed by atoms with E-state index in [1.807, 2.05) is 54.6 Å². The van der Waals surface area contributed by atoms with Crippen LogP contribution in [0, 0.1) is 0 Å². The summed E-state index contributed by atoms with van der Waals surface area (Å²) in [5.74, 6) is 1.54. The summed E-state index contributed by atoms with van der Waals surface area (Å²) in [6, 6.07) is 17.5. The Morgan fingerprint density at radius 2 is 1.97 bits per heavy atom. The van der Waals surface area contributed by atoms with E-state index < -0.39 is 0 Å². The maximum absolute atomic E-state index is 12.3. The standard InChI is InChI=1S/C24H24N4O2S/c1-30-19-11-7-8-17(14-19)15-25-28-22(29)16-31-24-20-12-5-6-13-21(20)26-23(27-24)18-9-3-2-4-10-18/h2-4,7-11,14-15H,5-6,12-13,16H2,1H3,(H,28,29). The zero-order valence-corrected chi connectivity index (χ0v) is 18.2. The molecule has 31 heavy (non-hydrogen) atoms. The first-order chi connectivity index (χ1) is 15.2. The SMILES string of the molecule is COc1cccc(C=NNC(=O)CSc2nc(-c3ccccc3)nc3c2CCCC3)c1. The zero-order valence-electron chi connectivity index (χ0n) is 17.4. The number of benzene rings is 2. The molecule has 0 atom stereocenters. The number of aryl methyl sites for hydroxylation is 1. The van der Waals surface area contributed by atoms with Crippen molar-refractivity contribution in [3.8, 4) is 17.1 Å². The van der Waals surface area contributed by atoms with E-state index in [-0.39, 0.29) is 11.7 Å². The molecule has 6 nitrogen and oxygen atoms in total. The summed E-state index contributed by atoms with van der Waals surface area (Å²) in [7, 11) is 1.62. The molecule has 3 aromatic rings. The first kappa shape index (κ1) is 21.1. The molecule has 1 aliphatic rings. The van der Waals surface area contributed by atoms with Crippen LogP contribution >= 0.6 is 11.8 Å². The number of carbonyl (C=O) groups excluding carboxylic acids is 1. The molecule has 1 amide bonds. The van der Waals surface area contributed by atoms with Crippen LogP contribution in [0.25, 0.3) is 11.4 Å². The van der Waals surface area contributed by atoms with Gasteiger partial charge in [0, 0.05) is 16.8 Å². The Morgan fingerprint density at radius 3 is 2.81 bits per heavy atom. The zero-order chi connectivity index (χ0) is 21.5. The summed E-state index contributed by atoms with van der Waals surface area (Å²) in [4.78, 5) is 21.9. The lowest BCUT2D eigenvalue weighted by atomic mass is 9.97. The summed E-state index contributed by atoms with van der Waals surface area (Å²) >= 11 is 1.45. The predicted octanol–water partition coefficient (Wildman–Crippen LogP) is 4.27. The first-order valence-corrected chi connectivity index (χ1v) is 11.3. The number of thioether (sulfide) groups is 1. The molecule has 0 bridgehead atoms. The number of rotatable bonds is 7. The quantitative estimate of drug-likeness (QED) is 0.261. The van der Waals surface area contributed by atoms with Gasteiger partial charge in [0.15, 0.2) is 5.82 Å². The third-order valence-electron chi connectivity index (χ3n) is 5.01. The van der Waals surface area contributed by atoms with Crippen molar-refractivity contribution in [2.75, 3.05) is 12.9 Å². The van der Waals surface area contributed by atoms with Gasteiger partial charge in [-0.05, 0) is 43.4 Å². The number of nitrogens with zero attached hydrogens (tertiary/aromatic N) is 3. The molecule has 0 spiro atoms. The summed E-state index contributed by atoms with van der Waals surface area (Å²) < 4.78 is 5.19. The molecule has 0 saturated heterocycles. The van der Waals surface area contributed by atoms with Gasteiger partial charge in [-0.1, -0.05) is 54.2 Å². The van der Waals surface area contributed by atoms with E-state index >= 15 is 0 Å². The predicted molar refractivity (Wildman–Crippen MR) is 124 cm³/mol. The molecule has 0 radical (unpaired) electrons. The Labute approximate surface area is 186 Å². The van der Waals surface area contributed by atoms with Gasteiger partial charge in [0.2, 0.25) is 5.91 Å². The highest BCUT2D eigenvalue weighted by Crippen LogP contribution is 2.31. The monoisotopic (exact) mass is 432 g/mol. The number of methoxy groups -OCH3 is 1. The summed E-state index contributed by atoms with van der Waals surface area (Å²) in [6.45, 7) is 0. The number of aromatic nitrogens is 2. The van der Waals surface area contributed by atoms with Gasteiger partial charge < -0.3 is 4.74 Å². The van der Waals surface area contributed by atoms with E-state index in [1.54, 1.807) is 13.3 Å². The lowest BCUT2D eigenvalue weighted by Crippen LogP contribution is -2.20. The van der Waals surface area contributed by atoms with Gasteiger partial charge >= 0.3 is 0 Å². The van der Waals surface area contributed by atoms with Crippen LogP contribution in [0.4, 0.5) is 0 Å². The Kier molecular flexibility index (Phi) is 6.94. The fraction of sp³-hybridized carbons (Fsp3) is 0.250. The Hall–Kier alpha value is -3.19. The van der Waals surface area contributed by atoms with Crippen LogP contribution in [0.3, 0.4) is 0 Å². The number of ether oxygens (including phenoxy) is 1. The molecular weight excluding hydrogens is 408 g/mol. The number of hydrogen-bond acceptors (Lipinski definition) is 6. The minimum absolute atomic E-state index is 0.173. The van der Waals surface area contributed by atoms with E-state index in [0.717, 1.165) is 59.1 Å². The van der Waals surface area contributed by atoms with E-state index in [1.165, 1.54) is 17.3 Å². The minimum Gasteiger partial charge on any atom is -0.497 e. The summed E-state index contributed by atoms with van der Waals surface area (Å²) in [5.41, 5.74) is 6.73. The van der Waals surface area contributed by atoms with Crippen molar-refractivity contribution in [2.45, 2.75) is 30.7 Å². The van der Waals surface area contributed by atoms with Gasteiger partial charge in [0.05, 0.1) is 19.1 Å². The van der Waals surface area contributed by atoms with Crippen molar-refractivity contribution < 1.29 is 9.53 Å². The number of hydrazone groups is 1. The Balaban J connectivity index is 1.43. The third kappa shape index (κ3) is 5.49. The van der Waals surface area contributed by atoms with Crippen molar-refractivity contribution in [3.63, 3.8) is 0 Å². The van der Waals surface area contributed by atoms with E-state index in [9.17, 15) is 4.79 Å². The van der Waals surface area contributed by atoms with E-state index in [2.05, 4.69) is 10.5 Å². The van der Waals surface area contributed by atoms with Gasteiger partial charge in [-0.3, -0.25) is 4.79 Å². The number of amides is 1. The number of carbonyl (C=O) groups is 1. The molecule has 4 rings (SSSR count). The summed E-state index contributed by atoms with van der Waals surface area (Å²) in [5, 5.41) is 4.95. The van der Waals surface area contributed by atoms with E-state index in [0.29, 0.717) is 0 Å². The molecule has 2 aromatic carbocycles. The van der Waals surface area contributed by atoms with Gasteiger partial charge in [-0.2, -0.15) is 5.10 Å². The van der Waals surface area contributed by atoms with Crippen molar-refractivity contribution in [1.29, 1.82) is 0 Å². The van der Waals surface area contributed by atoms with Gasteiger partial charge in [-0.25, -0.2) is 15.4 Å². The highest BCUT2D eigenvalue weighted by atomic mass is 32.2. The van der Waals surface area contributed by atoms with Crippen LogP contribution < -0.4 is 10.2 Å². The van der Waals surface area contributed by atoms with Crippen LogP contribution in [0.15, 0.2) is 64.7 Å². The first-order valence-electron chi connectivity index (χ1n) is 10.3. The average Bonchev–Trinajstić information content (AvgIpc) is 2.83. The molecule has 0 fully saturated rings. The van der Waals surface area contributed by atoms with Crippen molar-refractivity contribution in [2.24, 2.45) is 5.10 Å².